The first-order chi connectivity index (χ1) is 9.00. The summed E-state index contributed by atoms with van der Waals surface area (Å²) in [7, 11) is 0. The van der Waals surface area contributed by atoms with Crippen LogP contribution in [-0.2, 0) is 5.54 Å². The number of hydrogen-bond acceptors (Lipinski definition) is 2. The Hall–Kier alpha value is -1.20. The van der Waals surface area contributed by atoms with Crippen LogP contribution in [-0.4, -0.2) is 9.97 Å². The lowest BCUT2D eigenvalue weighted by atomic mass is 9.93. The molecule has 19 heavy (non-hydrogen) atoms. The summed E-state index contributed by atoms with van der Waals surface area (Å²) in [4.78, 5) is 7.46. The second-order valence-electron chi connectivity index (χ2n) is 4.63. The van der Waals surface area contributed by atoms with Gasteiger partial charge in [-0.2, -0.15) is 0 Å². The number of nitrogens with zero attached hydrogens (tertiary/aromatic N) is 1. The molecule has 0 saturated carbocycles. The third-order valence-corrected chi connectivity index (χ3v) is 4.02. The number of halogens is 2. The Kier molecular flexibility index (Phi) is 4.06. The summed E-state index contributed by atoms with van der Waals surface area (Å²) in [6.45, 7) is 4.04. The number of aromatic amines is 1. The van der Waals surface area contributed by atoms with Crippen molar-refractivity contribution in [3.8, 4) is 11.3 Å². The van der Waals surface area contributed by atoms with E-state index in [9.17, 15) is 4.39 Å². The highest BCUT2D eigenvalue weighted by molar-refractivity contribution is 9.10. The predicted octanol–water partition coefficient (Wildman–Crippen LogP) is 3.95. The van der Waals surface area contributed by atoms with E-state index < -0.39 is 5.54 Å². The predicted molar refractivity (Wildman–Crippen MR) is 78.1 cm³/mol. The van der Waals surface area contributed by atoms with Crippen molar-refractivity contribution in [2.24, 2.45) is 5.73 Å². The molecule has 0 spiro atoms. The maximum Gasteiger partial charge on any atom is 0.132 e. The lowest BCUT2D eigenvalue weighted by Crippen LogP contribution is -2.36. The molecule has 2 rings (SSSR count). The Bertz CT molecular complexity index is 576. The van der Waals surface area contributed by atoms with Crippen molar-refractivity contribution in [3.05, 3.63) is 40.5 Å². The Morgan fingerprint density at radius 1 is 1.37 bits per heavy atom. The SMILES string of the molecule is CCC(N)(CC)c1ncc(-c2cc(Br)ccc2F)[nH]1. The topological polar surface area (TPSA) is 54.7 Å². The van der Waals surface area contributed by atoms with E-state index >= 15 is 0 Å². The maximum atomic E-state index is 13.8. The molecule has 0 aliphatic rings. The number of imidazole rings is 1. The largest absolute Gasteiger partial charge is 0.340 e. The molecule has 0 atom stereocenters. The lowest BCUT2D eigenvalue weighted by Gasteiger charge is -2.23. The van der Waals surface area contributed by atoms with E-state index in [1.54, 1.807) is 18.3 Å². The van der Waals surface area contributed by atoms with Crippen LogP contribution in [0.5, 0.6) is 0 Å². The normalized spacial score (nSPS) is 11.8. The van der Waals surface area contributed by atoms with E-state index in [1.807, 2.05) is 13.8 Å². The van der Waals surface area contributed by atoms with Crippen LogP contribution in [0.15, 0.2) is 28.9 Å². The number of aromatic nitrogens is 2. The van der Waals surface area contributed by atoms with Gasteiger partial charge in [0.1, 0.15) is 11.6 Å². The number of nitrogens with two attached hydrogens (primary N) is 1. The molecule has 102 valence electrons. The summed E-state index contributed by atoms with van der Waals surface area (Å²) in [5.41, 5.74) is 6.93. The maximum absolute atomic E-state index is 13.8. The van der Waals surface area contributed by atoms with Crippen LogP contribution in [0.1, 0.15) is 32.5 Å². The number of H-pyrrole nitrogens is 1. The van der Waals surface area contributed by atoms with Gasteiger partial charge in [-0.1, -0.05) is 29.8 Å². The highest BCUT2D eigenvalue weighted by atomic mass is 79.9. The Morgan fingerprint density at radius 2 is 2.05 bits per heavy atom. The number of hydrogen-bond donors (Lipinski definition) is 2. The molecule has 0 amide bonds. The van der Waals surface area contributed by atoms with Crippen molar-refractivity contribution in [2.75, 3.05) is 0 Å². The van der Waals surface area contributed by atoms with Gasteiger partial charge in [-0.15, -0.1) is 0 Å². The van der Waals surface area contributed by atoms with E-state index in [2.05, 4.69) is 25.9 Å². The van der Waals surface area contributed by atoms with Crippen LogP contribution in [0, 0.1) is 5.82 Å². The molecular formula is C14H17BrFN3. The third kappa shape index (κ3) is 2.72. The summed E-state index contributed by atoms with van der Waals surface area (Å²) in [6.07, 6.45) is 3.18. The molecule has 1 aromatic carbocycles. The molecule has 5 heteroatoms. The number of rotatable bonds is 4. The molecule has 0 saturated heterocycles. The quantitative estimate of drug-likeness (QED) is 0.894. The van der Waals surface area contributed by atoms with Gasteiger partial charge in [-0.25, -0.2) is 9.37 Å². The Labute approximate surface area is 120 Å². The van der Waals surface area contributed by atoms with Crippen molar-refractivity contribution in [1.29, 1.82) is 0 Å². The molecule has 0 unspecified atom stereocenters. The van der Waals surface area contributed by atoms with Crippen LogP contribution in [0.2, 0.25) is 0 Å². The molecule has 1 aromatic heterocycles. The number of benzene rings is 1. The average molecular weight is 326 g/mol. The molecule has 0 bridgehead atoms. The van der Waals surface area contributed by atoms with Crippen LogP contribution in [0.25, 0.3) is 11.3 Å². The van der Waals surface area contributed by atoms with Crippen LogP contribution in [0.3, 0.4) is 0 Å². The lowest BCUT2D eigenvalue weighted by molar-refractivity contribution is 0.391. The Morgan fingerprint density at radius 3 is 2.68 bits per heavy atom. The van der Waals surface area contributed by atoms with E-state index in [0.29, 0.717) is 17.1 Å². The zero-order valence-corrected chi connectivity index (χ0v) is 12.6. The third-order valence-electron chi connectivity index (χ3n) is 3.53. The summed E-state index contributed by atoms with van der Waals surface area (Å²) < 4.78 is 14.6. The van der Waals surface area contributed by atoms with Gasteiger partial charge in [0, 0.05) is 10.0 Å². The minimum absolute atomic E-state index is 0.283. The molecule has 0 aliphatic heterocycles. The van der Waals surface area contributed by atoms with E-state index in [1.165, 1.54) is 6.07 Å². The van der Waals surface area contributed by atoms with Crippen molar-refractivity contribution < 1.29 is 4.39 Å². The Balaban J connectivity index is 2.44. The number of nitrogens with one attached hydrogen (secondary N) is 1. The average Bonchev–Trinajstić information content (AvgIpc) is 2.90. The molecule has 3 N–H and O–H groups in total. The highest BCUT2D eigenvalue weighted by Crippen LogP contribution is 2.28. The monoisotopic (exact) mass is 325 g/mol. The molecule has 2 aromatic rings. The summed E-state index contributed by atoms with van der Waals surface area (Å²) >= 11 is 3.34. The van der Waals surface area contributed by atoms with Gasteiger partial charge in [0.2, 0.25) is 0 Å². The second kappa shape index (κ2) is 5.43. The van der Waals surface area contributed by atoms with Crippen molar-refractivity contribution in [1.82, 2.24) is 9.97 Å². The van der Waals surface area contributed by atoms with Crippen molar-refractivity contribution in [3.63, 3.8) is 0 Å². The van der Waals surface area contributed by atoms with Crippen molar-refractivity contribution in [2.45, 2.75) is 32.2 Å². The van der Waals surface area contributed by atoms with Crippen LogP contribution in [0.4, 0.5) is 4.39 Å². The van der Waals surface area contributed by atoms with Crippen molar-refractivity contribution >= 4 is 15.9 Å². The van der Waals surface area contributed by atoms with E-state index in [0.717, 1.165) is 17.3 Å². The fourth-order valence-electron chi connectivity index (χ4n) is 2.00. The van der Waals surface area contributed by atoms with Crippen LogP contribution >= 0.6 is 15.9 Å². The second-order valence-corrected chi connectivity index (χ2v) is 5.55. The van der Waals surface area contributed by atoms with E-state index in [4.69, 9.17) is 5.73 Å². The summed E-state index contributed by atoms with van der Waals surface area (Å²) in [5.74, 6) is 0.417. The summed E-state index contributed by atoms with van der Waals surface area (Å²) in [6, 6.07) is 4.82. The van der Waals surface area contributed by atoms with Gasteiger partial charge >= 0.3 is 0 Å². The first-order valence-electron chi connectivity index (χ1n) is 6.30. The molecule has 1 heterocycles. The zero-order valence-electron chi connectivity index (χ0n) is 11.0. The van der Waals surface area contributed by atoms with Crippen LogP contribution < -0.4 is 5.73 Å². The smallest absolute Gasteiger partial charge is 0.132 e. The standard InChI is InChI=1S/C14H17BrFN3/c1-3-14(17,4-2)13-18-8-12(19-13)10-7-9(15)5-6-11(10)16/h5-8H,3-4,17H2,1-2H3,(H,18,19). The molecule has 0 radical (unpaired) electrons. The molecule has 0 aliphatic carbocycles. The van der Waals surface area contributed by atoms with Gasteiger partial charge in [0.15, 0.2) is 0 Å². The van der Waals surface area contributed by atoms with Gasteiger partial charge in [0.05, 0.1) is 17.4 Å². The first kappa shape index (κ1) is 14.2. The molecule has 3 nitrogen and oxygen atoms in total. The van der Waals surface area contributed by atoms with Gasteiger partial charge in [-0.3, -0.25) is 0 Å². The van der Waals surface area contributed by atoms with Gasteiger partial charge in [0.25, 0.3) is 0 Å². The zero-order chi connectivity index (χ0) is 14.0. The minimum atomic E-state index is -0.485. The molecule has 0 fully saturated rings. The van der Waals surface area contributed by atoms with E-state index in [-0.39, 0.29) is 5.82 Å². The fraction of sp³-hybridized carbons (Fsp3) is 0.357. The van der Waals surface area contributed by atoms with Gasteiger partial charge in [-0.05, 0) is 31.0 Å². The van der Waals surface area contributed by atoms with Gasteiger partial charge < -0.3 is 10.7 Å². The molecular weight excluding hydrogens is 309 g/mol. The minimum Gasteiger partial charge on any atom is -0.340 e. The first-order valence-corrected chi connectivity index (χ1v) is 7.09. The highest BCUT2D eigenvalue weighted by Gasteiger charge is 2.26. The summed E-state index contributed by atoms with van der Waals surface area (Å²) in [5, 5.41) is 0. The fourth-order valence-corrected chi connectivity index (χ4v) is 2.36.